The Morgan fingerprint density at radius 3 is 2.52 bits per heavy atom. The van der Waals surface area contributed by atoms with Crippen LogP contribution in [0.15, 0.2) is 24.3 Å². The maximum Gasteiger partial charge on any atom is 0.237 e. The first kappa shape index (κ1) is 15.9. The average Bonchev–Trinajstić information content (AvgIpc) is 3.30. The van der Waals surface area contributed by atoms with E-state index in [0.717, 1.165) is 18.4 Å². The number of likely N-dealkylation sites (N-methyl/N-ethyl adjacent to an activating group) is 1. The van der Waals surface area contributed by atoms with Crippen LogP contribution in [-0.4, -0.2) is 53.6 Å². The second-order valence-electron chi connectivity index (χ2n) is 5.66. The number of hydrogen-bond donors (Lipinski definition) is 1. The lowest BCUT2D eigenvalue weighted by atomic mass is 10.1. The Morgan fingerprint density at radius 1 is 1.38 bits per heavy atom. The Hall–Kier alpha value is -1.46. The molecule has 1 saturated carbocycles. The Balaban J connectivity index is 1.95. The molecule has 0 aliphatic heterocycles. The average molecular weight is 294 g/mol. The molecule has 0 saturated heterocycles. The van der Waals surface area contributed by atoms with Crippen molar-refractivity contribution in [3.05, 3.63) is 35.6 Å². The van der Waals surface area contributed by atoms with E-state index in [0.29, 0.717) is 19.1 Å². The highest BCUT2D eigenvalue weighted by molar-refractivity contribution is 5.78. The van der Waals surface area contributed by atoms with E-state index in [1.165, 1.54) is 12.1 Å². The van der Waals surface area contributed by atoms with Crippen molar-refractivity contribution in [1.29, 1.82) is 0 Å². The number of rotatable bonds is 7. The Morgan fingerprint density at radius 2 is 2.00 bits per heavy atom. The summed E-state index contributed by atoms with van der Waals surface area (Å²) in [5.41, 5.74) is 0.910. The van der Waals surface area contributed by atoms with Gasteiger partial charge >= 0.3 is 0 Å². The fourth-order valence-corrected chi connectivity index (χ4v) is 2.43. The van der Waals surface area contributed by atoms with E-state index in [4.69, 9.17) is 5.11 Å². The molecular weight excluding hydrogens is 271 g/mol. The molecule has 1 aromatic rings. The molecule has 1 unspecified atom stereocenters. The van der Waals surface area contributed by atoms with Crippen LogP contribution in [0.25, 0.3) is 0 Å². The number of halogens is 1. The zero-order valence-corrected chi connectivity index (χ0v) is 12.6. The molecule has 0 radical (unpaired) electrons. The first-order valence-corrected chi connectivity index (χ1v) is 7.39. The third-order valence-electron chi connectivity index (χ3n) is 4.12. The zero-order valence-electron chi connectivity index (χ0n) is 12.6. The van der Waals surface area contributed by atoms with Gasteiger partial charge in [0.15, 0.2) is 0 Å². The van der Waals surface area contributed by atoms with Gasteiger partial charge in [-0.05, 0) is 37.5 Å². The number of carbonyl (C=O) groups is 1. The minimum absolute atomic E-state index is 0.0205. The lowest BCUT2D eigenvalue weighted by molar-refractivity contribution is -0.133. The van der Waals surface area contributed by atoms with Gasteiger partial charge in [0.1, 0.15) is 5.82 Å². The Kier molecular flexibility index (Phi) is 5.31. The fourth-order valence-electron chi connectivity index (χ4n) is 2.43. The second-order valence-corrected chi connectivity index (χ2v) is 5.66. The SMILES string of the molecule is CC(c1ccc(F)cc1)N(C)C(=O)CN(CCO)C1CC1. The number of amides is 1. The zero-order chi connectivity index (χ0) is 15.4. The number of nitrogens with zero attached hydrogens (tertiary/aromatic N) is 2. The van der Waals surface area contributed by atoms with Crippen molar-refractivity contribution in [2.24, 2.45) is 0 Å². The molecule has 1 amide bonds. The fraction of sp³-hybridized carbons (Fsp3) is 0.562. The van der Waals surface area contributed by atoms with Crippen molar-refractivity contribution < 1.29 is 14.3 Å². The van der Waals surface area contributed by atoms with Crippen LogP contribution in [0.2, 0.25) is 0 Å². The van der Waals surface area contributed by atoms with Crippen molar-refractivity contribution in [2.75, 3.05) is 26.7 Å². The van der Waals surface area contributed by atoms with E-state index in [2.05, 4.69) is 0 Å². The van der Waals surface area contributed by atoms with Crippen LogP contribution in [-0.2, 0) is 4.79 Å². The van der Waals surface area contributed by atoms with Crippen molar-refractivity contribution in [3.63, 3.8) is 0 Å². The van der Waals surface area contributed by atoms with E-state index in [-0.39, 0.29) is 24.4 Å². The molecule has 0 aromatic heterocycles. The molecule has 116 valence electrons. The predicted molar refractivity (Wildman–Crippen MR) is 79.3 cm³/mol. The minimum Gasteiger partial charge on any atom is -0.395 e. The van der Waals surface area contributed by atoms with E-state index in [9.17, 15) is 9.18 Å². The standard InChI is InChI=1S/C16H23FN2O2/c1-12(13-3-5-14(17)6-4-13)18(2)16(21)11-19(9-10-20)15-7-8-15/h3-6,12,15,20H,7-11H2,1-2H3. The molecule has 2 rings (SSSR count). The van der Waals surface area contributed by atoms with Gasteiger partial charge in [0.05, 0.1) is 19.2 Å². The number of carbonyl (C=O) groups excluding carboxylic acids is 1. The van der Waals surface area contributed by atoms with Gasteiger partial charge in [-0.15, -0.1) is 0 Å². The van der Waals surface area contributed by atoms with Gasteiger partial charge in [0.25, 0.3) is 0 Å². The third-order valence-corrected chi connectivity index (χ3v) is 4.12. The summed E-state index contributed by atoms with van der Waals surface area (Å²) in [7, 11) is 1.76. The number of benzene rings is 1. The van der Waals surface area contributed by atoms with Crippen molar-refractivity contribution in [2.45, 2.75) is 31.8 Å². The Bertz CT molecular complexity index is 474. The van der Waals surface area contributed by atoms with Crippen molar-refractivity contribution in [3.8, 4) is 0 Å². The Labute approximate surface area is 125 Å². The molecule has 1 fully saturated rings. The van der Waals surface area contributed by atoms with Crippen LogP contribution < -0.4 is 0 Å². The van der Waals surface area contributed by atoms with Gasteiger partial charge in [-0.1, -0.05) is 12.1 Å². The summed E-state index contributed by atoms with van der Waals surface area (Å²) >= 11 is 0. The normalized spacial score (nSPS) is 16.0. The molecule has 1 aliphatic rings. The van der Waals surface area contributed by atoms with Crippen LogP contribution >= 0.6 is 0 Å². The summed E-state index contributed by atoms with van der Waals surface area (Å²) in [6.45, 7) is 2.86. The van der Waals surface area contributed by atoms with Gasteiger partial charge < -0.3 is 10.0 Å². The first-order chi connectivity index (χ1) is 10.0. The first-order valence-electron chi connectivity index (χ1n) is 7.39. The van der Waals surface area contributed by atoms with E-state index >= 15 is 0 Å². The van der Waals surface area contributed by atoms with E-state index < -0.39 is 0 Å². The van der Waals surface area contributed by atoms with Crippen LogP contribution in [0.1, 0.15) is 31.4 Å². The molecule has 1 N–H and O–H groups in total. The van der Waals surface area contributed by atoms with Crippen LogP contribution in [0.4, 0.5) is 4.39 Å². The monoisotopic (exact) mass is 294 g/mol. The van der Waals surface area contributed by atoms with Crippen LogP contribution in [0, 0.1) is 5.82 Å². The molecule has 21 heavy (non-hydrogen) atoms. The highest BCUT2D eigenvalue weighted by Crippen LogP contribution is 2.27. The molecule has 4 nitrogen and oxygen atoms in total. The molecule has 0 bridgehead atoms. The van der Waals surface area contributed by atoms with Gasteiger partial charge in [-0.25, -0.2) is 4.39 Å². The van der Waals surface area contributed by atoms with Crippen molar-refractivity contribution >= 4 is 5.91 Å². The van der Waals surface area contributed by atoms with Crippen LogP contribution in [0.5, 0.6) is 0 Å². The molecule has 1 atom stereocenters. The number of aliphatic hydroxyl groups is 1. The quantitative estimate of drug-likeness (QED) is 0.834. The molecule has 0 heterocycles. The summed E-state index contributed by atoms with van der Waals surface area (Å²) < 4.78 is 13.0. The van der Waals surface area contributed by atoms with Gasteiger partial charge in [-0.3, -0.25) is 9.69 Å². The van der Waals surface area contributed by atoms with E-state index in [1.807, 2.05) is 11.8 Å². The van der Waals surface area contributed by atoms with Gasteiger partial charge in [-0.2, -0.15) is 0 Å². The van der Waals surface area contributed by atoms with Crippen molar-refractivity contribution in [1.82, 2.24) is 9.80 Å². The smallest absolute Gasteiger partial charge is 0.237 e. The molecule has 5 heteroatoms. The summed E-state index contributed by atoms with van der Waals surface area (Å²) in [6, 6.07) is 6.56. The maximum atomic E-state index is 13.0. The summed E-state index contributed by atoms with van der Waals surface area (Å²) in [6.07, 6.45) is 2.20. The minimum atomic E-state index is -0.275. The number of aliphatic hydroxyl groups excluding tert-OH is 1. The molecule has 0 spiro atoms. The highest BCUT2D eigenvalue weighted by Gasteiger charge is 2.31. The lowest BCUT2D eigenvalue weighted by Gasteiger charge is -2.29. The molecule has 1 aliphatic carbocycles. The summed E-state index contributed by atoms with van der Waals surface area (Å²) in [5.74, 6) is -0.255. The third kappa shape index (κ3) is 4.25. The summed E-state index contributed by atoms with van der Waals surface area (Å²) in [5, 5.41) is 9.08. The van der Waals surface area contributed by atoms with Gasteiger partial charge in [0, 0.05) is 19.6 Å². The number of hydrogen-bond acceptors (Lipinski definition) is 3. The van der Waals surface area contributed by atoms with E-state index in [1.54, 1.807) is 24.1 Å². The summed E-state index contributed by atoms with van der Waals surface area (Å²) in [4.78, 5) is 16.1. The second kappa shape index (κ2) is 7.00. The molecule has 1 aromatic carbocycles. The van der Waals surface area contributed by atoms with Gasteiger partial charge in [0.2, 0.25) is 5.91 Å². The maximum absolute atomic E-state index is 13.0. The molecular formula is C16H23FN2O2. The highest BCUT2D eigenvalue weighted by atomic mass is 19.1. The predicted octanol–water partition coefficient (Wildman–Crippen LogP) is 1.80. The lowest BCUT2D eigenvalue weighted by Crippen LogP contribution is -2.41. The topological polar surface area (TPSA) is 43.8 Å². The van der Waals surface area contributed by atoms with Crippen LogP contribution in [0.3, 0.4) is 0 Å². The largest absolute Gasteiger partial charge is 0.395 e.